The average Bonchev–Trinajstić information content (AvgIpc) is 3.19. The molecule has 1 aromatic heterocycles. The number of phenols is 2. The Hall–Kier alpha value is -2.58. The zero-order valence-corrected chi connectivity index (χ0v) is 19.6. The molecule has 0 aliphatic carbocycles. The first-order chi connectivity index (χ1) is 16.0. The van der Waals surface area contributed by atoms with Gasteiger partial charge in [-0.2, -0.15) is 0 Å². The maximum Gasteiger partial charge on any atom is 0.226 e. The van der Waals surface area contributed by atoms with E-state index in [-0.39, 0.29) is 23.3 Å². The Morgan fingerprint density at radius 3 is 2.58 bits per heavy atom. The number of phenolic OH excluding ortho intramolecular Hbond substituents is 2. The molecule has 0 radical (unpaired) electrons. The van der Waals surface area contributed by atoms with Gasteiger partial charge in [0.05, 0.1) is 5.69 Å². The van der Waals surface area contributed by atoms with E-state index in [0.29, 0.717) is 18.0 Å². The summed E-state index contributed by atoms with van der Waals surface area (Å²) in [7, 11) is 0. The largest absolute Gasteiger partial charge is 0.504 e. The van der Waals surface area contributed by atoms with Crippen LogP contribution in [0.25, 0.3) is 11.5 Å². The van der Waals surface area contributed by atoms with E-state index in [4.69, 9.17) is 4.42 Å². The Labute approximate surface area is 195 Å². The molecular formula is C25H36N4O4. The van der Waals surface area contributed by atoms with Gasteiger partial charge in [0.2, 0.25) is 11.8 Å². The second kappa shape index (κ2) is 11.0. The van der Waals surface area contributed by atoms with Gasteiger partial charge in [0.1, 0.15) is 5.76 Å². The molecule has 2 saturated heterocycles. The van der Waals surface area contributed by atoms with Crippen LogP contribution < -0.4 is 5.32 Å². The van der Waals surface area contributed by atoms with Crippen molar-refractivity contribution in [2.75, 3.05) is 39.3 Å². The summed E-state index contributed by atoms with van der Waals surface area (Å²) < 4.78 is 5.80. The fourth-order valence-corrected chi connectivity index (χ4v) is 4.76. The van der Waals surface area contributed by atoms with Crippen LogP contribution in [0.5, 0.6) is 11.5 Å². The van der Waals surface area contributed by atoms with Crippen molar-refractivity contribution in [3.63, 3.8) is 0 Å². The van der Waals surface area contributed by atoms with Gasteiger partial charge in [-0.1, -0.05) is 6.42 Å². The number of rotatable bonds is 8. The van der Waals surface area contributed by atoms with Crippen LogP contribution >= 0.6 is 0 Å². The number of carbonyl (C=O) groups is 1. The lowest BCUT2D eigenvalue weighted by atomic mass is 9.95. The quantitative estimate of drug-likeness (QED) is 0.414. The molecular weight excluding hydrogens is 420 g/mol. The van der Waals surface area contributed by atoms with E-state index in [0.717, 1.165) is 56.9 Å². The van der Waals surface area contributed by atoms with Gasteiger partial charge in [-0.3, -0.25) is 9.69 Å². The molecule has 2 aliphatic rings. The number of oxazole rings is 1. The van der Waals surface area contributed by atoms with Crippen LogP contribution in [0.2, 0.25) is 0 Å². The third-order valence-corrected chi connectivity index (χ3v) is 6.85. The van der Waals surface area contributed by atoms with Crippen molar-refractivity contribution in [1.82, 2.24) is 20.1 Å². The van der Waals surface area contributed by atoms with Crippen molar-refractivity contribution in [3.8, 4) is 23.0 Å². The number of aryl methyl sites for hydroxylation is 1. The smallest absolute Gasteiger partial charge is 0.226 e. The van der Waals surface area contributed by atoms with Crippen molar-refractivity contribution < 1.29 is 19.4 Å². The standard InChI is InChI=1S/C25H36N4O4/c1-18-21(27-25(33-18)20-6-7-22(30)23(31)16-20)17-29-14-8-19(9-15-29)24(32)26-10-5-13-28-11-3-2-4-12-28/h6-7,16,19,30-31H,2-5,8-15,17H2,1H3,(H,26,32). The number of nitrogens with zero attached hydrogens (tertiary/aromatic N) is 3. The summed E-state index contributed by atoms with van der Waals surface area (Å²) in [6.45, 7) is 8.53. The van der Waals surface area contributed by atoms with Gasteiger partial charge in [-0.05, 0) is 90.0 Å². The Morgan fingerprint density at radius 1 is 1.09 bits per heavy atom. The first kappa shape index (κ1) is 23.6. The zero-order chi connectivity index (χ0) is 23.2. The number of hydrogen-bond donors (Lipinski definition) is 3. The van der Waals surface area contributed by atoms with Crippen LogP contribution in [-0.4, -0.2) is 70.2 Å². The summed E-state index contributed by atoms with van der Waals surface area (Å²) in [5, 5.41) is 22.4. The fraction of sp³-hybridized carbons (Fsp3) is 0.600. The van der Waals surface area contributed by atoms with Crippen LogP contribution in [0.4, 0.5) is 0 Å². The normalized spacial score (nSPS) is 18.5. The number of piperidine rings is 2. The van der Waals surface area contributed by atoms with E-state index >= 15 is 0 Å². The van der Waals surface area contributed by atoms with Crippen molar-refractivity contribution in [2.45, 2.75) is 52.0 Å². The first-order valence-electron chi connectivity index (χ1n) is 12.2. The van der Waals surface area contributed by atoms with Crippen molar-refractivity contribution in [3.05, 3.63) is 29.7 Å². The number of amides is 1. The van der Waals surface area contributed by atoms with Crippen molar-refractivity contribution in [1.29, 1.82) is 0 Å². The Balaban J connectivity index is 1.20. The highest BCUT2D eigenvalue weighted by Gasteiger charge is 2.26. The highest BCUT2D eigenvalue weighted by Crippen LogP contribution is 2.31. The number of likely N-dealkylation sites (tertiary alicyclic amines) is 2. The number of aromatic hydroxyl groups is 2. The summed E-state index contributed by atoms with van der Waals surface area (Å²) in [6.07, 6.45) is 6.70. The predicted molar refractivity (Wildman–Crippen MR) is 126 cm³/mol. The summed E-state index contributed by atoms with van der Waals surface area (Å²) in [5.74, 6) is 1.08. The maximum absolute atomic E-state index is 12.6. The molecule has 3 N–H and O–H groups in total. The molecule has 180 valence electrons. The van der Waals surface area contributed by atoms with Gasteiger partial charge in [0.15, 0.2) is 11.5 Å². The average molecular weight is 457 g/mol. The van der Waals surface area contributed by atoms with Crippen LogP contribution in [-0.2, 0) is 11.3 Å². The molecule has 33 heavy (non-hydrogen) atoms. The van der Waals surface area contributed by atoms with Crippen LogP contribution in [0.15, 0.2) is 22.6 Å². The lowest BCUT2D eigenvalue weighted by molar-refractivity contribution is -0.126. The summed E-state index contributed by atoms with van der Waals surface area (Å²) in [6, 6.07) is 4.54. The number of benzene rings is 1. The topological polar surface area (TPSA) is 102 Å². The zero-order valence-electron chi connectivity index (χ0n) is 19.6. The van der Waals surface area contributed by atoms with Gasteiger partial charge in [-0.15, -0.1) is 0 Å². The third kappa shape index (κ3) is 6.26. The summed E-state index contributed by atoms with van der Waals surface area (Å²) >= 11 is 0. The van der Waals surface area contributed by atoms with E-state index < -0.39 is 0 Å². The SMILES string of the molecule is Cc1oc(-c2ccc(O)c(O)c2)nc1CN1CCC(C(=O)NCCCN2CCCCC2)CC1. The van der Waals surface area contributed by atoms with E-state index in [1.807, 2.05) is 6.92 Å². The molecule has 2 fully saturated rings. The minimum atomic E-state index is -0.197. The Morgan fingerprint density at radius 2 is 1.85 bits per heavy atom. The molecule has 4 rings (SSSR count). The van der Waals surface area contributed by atoms with E-state index in [9.17, 15) is 15.0 Å². The predicted octanol–water partition coefficient (Wildman–Crippen LogP) is 3.27. The molecule has 8 heteroatoms. The number of aromatic nitrogens is 1. The molecule has 2 aromatic rings. The first-order valence-corrected chi connectivity index (χ1v) is 12.2. The van der Waals surface area contributed by atoms with Crippen LogP contribution in [0.1, 0.15) is 50.0 Å². The van der Waals surface area contributed by atoms with Crippen LogP contribution in [0, 0.1) is 12.8 Å². The van der Waals surface area contributed by atoms with Crippen LogP contribution in [0.3, 0.4) is 0 Å². The number of hydrogen-bond acceptors (Lipinski definition) is 7. The minimum Gasteiger partial charge on any atom is -0.504 e. The Kier molecular flexibility index (Phi) is 7.88. The molecule has 0 bridgehead atoms. The van der Waals surface area contributed by atoms with E-state index in [1.165, 1.54) is 44.5 Å². The van der Waals surface area contributed by atoms with Gasteiger partial charge in [-0.25, -0.2) is 4.98 Å². The van der Waals surface area contributed by atoms with Crippen molar-refractivity contribution in [2.24, 2.45) is 5.92 Å². The monoisotopic (exact) mass is 456 g/mol. The van der Waals surface area contributed by atoms with Gasteiger partial charge >= 0.3 is 0 Å². The van der Waals surface area contributed by atoms with Gasteiger partial charge in [0, 0.05) is 24.6 Å². The fourth-order valence-electron chi connectivity index (χ4n) is 4.76. The molecule has 1 aromatic carbocycles. The van der Waals surface area contributed by atoms with Gasteiger partial charge in [0.25, 0.3) is 0 Å². The summed E-state index contributed by atoms with van der Waals surface area (Å²) in [5.41, 5.74) is 1.48. The second-order valence-electron chi connectivity index (χ2n) is 9.32. The molecule has 1 amide bonds. The lowest BCUT2D eigenvalue weighted by Crippen LogP contribution is -2.41. The molecule has 2 aliphatic heterocycles. The highest BCUT2D eigenvalue weighted by molar-refractivity contribution is 5.78. The number of carbonyl (C=O) groups excluding carboxylic acids is 1. The molecule has 0 unspecified atom stereocenters. The Bertz CT molecular complexity index is 930. The third-order valence-electron chi connectivity index (χ3n) is 6.85. The molecule has 8 nitrogen and oxygen atoms in total. The van der Waals surface area contributed by atoms with Crippen molar-refractivity contribution >= 4 is 5.91 Å². The van der Waals surface area contributed by atoms with E-state index in [1.54, 1.807) is 6.07 Å². The van der Waals surface area contributed by atoms with E-state index in [2.05, 4.69) is 20.1 Å². The molecule has 3 heterocycles. The lowest BCUT2D eigenvalue weighted by Gasteiger charge is -2.31. The minimum absolute atomic E-state index is 0.0881. The highest BCUT2D eigenvalue weighted by atomic mass is 16.4. The summed E-state index contributed by atoms with van der Waals surface area (Å²) in [4.78, 5) is 22.0. The second-order valence-corrected chi connectivity index (χ2v) is 9.32. The molecule has 0 spiro atoms. The molecule has 0 atom stereocenters. The molecule has 0 saturated carbocycles. The van der Waals surface area contributed by atoms with Gasteiger partial charge < -0.3 is 24.8 Å². The maximum atomic E-state index is 12.6. The number of nitrogens with one attached hydrogen (secondary N) is 1.